The van der Waals surface area contributed by atoms with Crippen molar-refractivity contribution in [1.82, 2.24) is 10.2 Å². The van der Waals surface area contributed by atoms with Gasteiger partial charge in [0, 0.05) is 11.3 Å². The number of nitrogens with zero attached hydrogens (tertiary/aromatic N) is 2. The van der Waals surface area contributed by atoms with Crippen LogP contribution in [0.4, 0.5) is 10.8 Å². The molecule has 3 aromatic rings. The van der Waals surface area contributed by atoms with E-state index in [1.807, 2.05) is 31.2 Å². The molecular formula is C22H27N3OS. The van der Waals surface area contributed by atoms with Gasteiger partial charge in [0.1, 0.15) is 10.8 Å². The van der Waals surface area contributed by atoms with Gasteiger partial charge >= 0.3 is 0 Å². The molecule has 0 atom stereocenters. The molecular weight excluding hydrogens is 354 g/mol. The van der Waals surface area contributed by atoms with E-state index in [0.29, 0.717) is 6.61 Å². The first-order valence-corrected chi connectivity index (χ1v) is 10.4. The maximum atomic E-state index is 5.56. The first kappa shape index (κ1) is 19.4. The molecule has 3 rings (SSSR count). The van der Waals surface area contributed by atoms with Crippen molar-refractivity contribution in [2.24, 2.45) is 5.92 Å². The minimum atomic E-state index is 0.653. The first-order valence-electron chi connectivity index (χ1n) is 9.56. The van der Waals surface area contributed by atoms with Gasteiger partial charge < -0.3 is 10.1 Å². The van der Waals surface area contributed by atoms with Gasteiger partial charge in [0.2, 0.25) is 5.13 Å². The van der Waals surface area contributed by atoms with E-state index in [2.05, 4.69) is 53.6 Å². The van der Waals surface area contributed by atoms with Crippen LogP contribution >= 0.6 is 11.3 Å². The van der Waals surface area contributed by atoms with E-state index in [1.54, 1.807) is 0 Å². The average Bonchev–Trinajstić information content (AvgIpc) is 3.12. The predicted octanol–water partition coefficient (Wildman–Crippen LogP) is 6.33. The fourth-order valence-electron chi connectivity index (χ4n) is 2.87. The lowest BCUT2D eigenvalue weighted by molar-refractivity contribution is 0.340. The third-order valence-corrected chi connectivity index (χ3v) is 5.16. The monoisotopic (exact) mass is 381 g/mol. The largest absolute Gasteiger partial charge is 0.494 e. The first-order chi connectivity index (χ1) is 13.1. The number of rotatable bonds is 9. The highest BCUT2D eigenvalue weighted by Gasteiger charge is 2.08. The summed E-state index contributed by atoms with van der Waals surface area (Å²) in [6.07, 6.45) is 3.65. The average molecular weight is 382 g/mol. The normalized spacial score (nSPS) is 11.0. The van der Waals surface area contributed by atoms with E-state index in [9.17, 15) is 0 Å². The zero-order valence-corrected chi connectivity index (χ0v) is 17.1. The zero-order chi connectivity index (χ0) is 19.1. The molecule has 0 aliphatic heterocycles. The molecule has 0 saturated heterocycles. The maximum Gasteiger partial charge on any atom is 0.210 e. The van der Waals surface area contributed by atoms with Crippen molar-refractivity contribution >= 4 is 22.2 Å². The van der Waals surface area contributed by atoms with Crippen molar-refractivity contribution in [2.75, 3.05) is 11.9 Å². The van der Waals surface area contributed by atoms with Crippen LogP contribution in [0.2, 0.25) is 0 Å². The van der Waals surface area contributed by atoms with Gasteiger partial charge in [-0.05, 0) is 55.5 Å². The van der Waals surface area contributed by atoms with Crippen LogP contribution in [-0.2, 0) is 6.42 Å². The van der Waals surface area contributed by atoms with Crippen molar-refractivity contribution in [3.63, 3.8) is 0 Å². The number of ether oxygens (including phenoxy) is 1. The highest BCUT2D eigenvalue weighted by atomic mass is 32.1. The number of aromatic nitrogens is 2. The summed E-state index contributed by atoms with van der Waals surface area (Å²) in [4.78, 5) is 0. The predicted molar refractivity (Wildman–Crippen MR) is 114 cm³/mol. The van der Waals surface area contributed by atoms with Crippen LogP contribution in [0, 0.1) is 5.92 Å². The van der Waals surface area contributed by atoms with Crippen LogP contribution < -0.4 is 10.1 Å². The summed E-state index contributed by atoms with van der Waals surface area (Å²) >= 11 is 1.54. The Labute approximate surface area is 165 Å². The molecule has 1 N–H and O–H groups in total. The molecule has 0 spiro atoms. The summed E-state index contributed by atoms with van der Waals surface area (Å²) < 4.78 is 5.56. The molecule has 0 aliphatic rings. The summed E-state index contributed by atoms with van der Waals surface area (Å²) in [6.45, 7) is 7.18. The second kappa shape index (κ2) is 9.51. The molecule has 0 fully saturated rings. The van der Waals surface area contributed by atoms with Crippen molar-refractivity contribution < 1.29 is 4.74 Å². The number of nitrogens with one attached hydrogen (secondary N) is 1. The number of hydrogen-bond donors (Lipinski definition) is 1. The third-order valence-electron chi connectivity index (χ3n) is 4.27. The lowest BCUT2D eigenvalue weighted by atomic mass is 10.0. The Morgan fingerprint density at radius 2 is 1.89 bits per heavy atom. The Bertz CT molecular complexity index is 843. The summed E-state index contributed by atoms with van der Waals surface area (Å²) in [7, 11) is 0. The molecule has 0 unspecified atom stereocenters. The highest BCUT2D eigenvalue weighted by Crippen LogP contribution is 2.30. The Morgan fingerprint density at radius 3 is 2.63 bits per heavy atom. The molecule has 0 saturated carbocycles. The third kappa shape index (κ3) is 5.79. The van der Waals surface area contributed by atoms with Crippen molar-refractivity contribution in [3.8, 4) is 16.3 Å². The minimum absolute atomic E-state index is 0.653. The number of benzene rings is 2. The van der Waals surface area contributed by atoms with Crippen molar-refractivity contribution in [2.45, 2.75) is 40.0 Å². The van der Waals surface area contributed by atoms with E-state index in [0.717, 1.165) is 39.5 Å². The van der Waals surface area contributed by atoms with E-state index < -0.39 is 0 Å². The fraction of sp³-hybridized carbons (Fsp3) is 0.364. The topological polar surface area (TPSA) is 47.0 Å². The second-order valence-electron chi connectivity index (χ2n) is 6.98. The molecule has 4 nitrogen and oxygen atoms in total. The Hall–Kier alpha value is -2.40. The lowest BCUT2D eigenvalue weighted by Gasteiger charge is -2.06. The van der Waals surface area contributed by atoms with Crippen molar-refractivity contribution in [1.29, 1.82) is 0 Å². The zero-order valence-electron chi connectivity index (χ0n) is 16.2. The van der Waals surface area contributed by atoms with Gasteiger partial charge in [-0.2, -0.15) is 0 Å². The quantitative estimate of drug-likeness (QED) is 0.471. The Kier molecular flexibility index (Phi) is 6.82. The molecule has 0 aliphatic carbocycles. The smallest absolute Gasteiger partial charge is 0.210 e. The van der Waals surface area contributed by atoms with Crippen LogP contribution in [0.3, 0.4) is 0 Å². The molecule has 5 heteroatoms. The van der Waals surface area contributed by atoms with Crippen LogP contribution in [0.15, 0.2) is 48.5 Å². The van der Waals surface area contributed by atoms with E-state index in [-0.39, 0.29) is 0 Å². The van der Waals surface area contributed by atoms with Crippen molar-refractivity contribution in [3.05, 3.63) is 54.1 Å². The number of anilines is 2. The van der Waals surface area contributed by atoms with E-state index in [4.69, 9.17) is 4.74 Å². The van der Waals surface area contributed by atoms with Gasteiger partial charge in [-0.1, -0.05) is 55.9 Å². The molecule has 1 aromatic heterocycles. The summed E-state index contributed by atoms with van der Waals surface area (Å²) in [5.41, 5.74) is 3.44. The lowest BCUT2D eigenvalue weighted by Crippen LogP contribution is -1.92. The van der Waals surface area contributed by atoms with Gasteiger partial charge in [0.25, 0.3) is 0 Å². The standard InChI is InChI=1S/C22H27N3OS/c1-4-26-20-10-6-9-18(15-20)21-24-25-22(27-21)23-19-13-11-17(12-14-19)8-5-7-16(2)3/h6,9-16H,4-5,7-8H2,1-3H3,(H,23,25). The fourth-order valence-corrected chi connectivity index (χ4v) is 3.63. The molecule has 1 heterocycles. The van der Waals surface area contributed by atoms with E-state index >= 15 is 0 Å². The van der Waals surface area contributed by atoms with Gasteiger partial charge in [0.15, 0.2) is 0 Å². The van der Waals surface area contributed by atoms with Gasteiger partial charge in [-0.15, -0.1) is 10.2 Å². The maximum absolute atomic E-state index is 5.56. The molecule has 0 amide bonds. The van der Waals surface area contributed by atoms with Crippen LogP contribution in [0.25, 0.3) is 10.6 Å². The van der Waals surface area contributed by atoms with Gasteiger partial charge in [-0.3, -0.25) is 0 Å². The molecule has 0 bridgehead atoms. The molecule has 2 aromatic carbocycles. The summed E-state index contributed by atoms with van der Waals surface area (Å²) in [5.74, 6) is 1.62. The molecule has 0 radical (unpaired) electrons. The van der Waals surface area contributed by atoms with E-state index in [1.165, 1.54) is 29.7 Å². The minimum Gasteiger partial charge on any atom is -0.494 e. The van der Waals surface area contributed by atoms with Crippen LogP contribution in [0.5, 0.6) is 5.75 Å². The molecule has 27 heavy (non-hydrogen) atoms. The van der Waals surface area contributed by atoms with Crippen LogP contribution in [0.1, 0.15) is 39.2 Å². The SMILES string of the molecule is CCOc1cccc(-c2nnc(Nc3ccc(CCCC(C)C)cc3)s2)c1. The summed E-state index contributed by atoms with van der Waals surface area (Å²) in [5, 5.41) is 13.6. The van der Waals surface area contributed by atoms with Gasteiger partial charge in [-0.25, -0.2) is 0 Å². The number of aryl methyl sites for hydroxylation is 1. The highest BCUT2D eigenvalue weighted by molar-refractivity contribution is 7.18. The summed E-state index contributed by atoms with van der Waals surface area (Å²) in [6, 6.07) is 16.6. The van der Waals surface area contributed by atoms with Gasteiger partial charge in [0.05, 0.1) is 6.61 Å². The van der Waals surface area contributed by atoms with Crippen LogP contribution in [-0.4, -0.2) is 16.8 Å². The number of hydrogen-bond acceptors (Lipinski definition) is 5. The Balaban J connectivity index is 1.61. The molecule has 142 valence electrons. The second-order valence-corrected chi connectivity index (χ2v) is 7.96. The Morgan fingerprint density at radius 1 is 1.07 bits per heavy atom.